The maximum absolute atomic E-state index is 13.1. The van der Waals surface area contributed by atoms with Gasteiger partial charge < -0.3 is 10.2 Å². The molecule has 0 spiro atoms. The van der Waals surface area contributed by atoms with Crippen molar-refractivity contribution in [2.75, 3.05) is 26.2 Å². The number of likely N-dealkylation sites (tertiary alicyclic amines) is 1. The normalized spacial score (nSPS) is 17.0. The van der Waals surface area contributed by atoms with Gasteiger partial charge in [0, 0.05) is 31.7 Å². The predicted octanol–water partition coefficient (Wildman–Crippen LogP) is 2.84. The van der Waals surface area contributed by atoms with E-state index in [0.717, 1.165) is 37.7 Å². The molecule has 2 N–H and O–H groups in total. The molecule has 0 radical (unpaired) electrons. The number of hydrogen-bond acceptors (Lipinski definition) is 4. The van der Waals surface area contributed by atoms with Gasteiger partial charge in [0.1, 0.15) is 0 Å². The van der Waals surface area contributed by atoms with Gasteiger partial charge in [-0.25, -0.2) is 13.1 Å². The lowest BCUT2D eigenvalue weighted by Crippen LogP contribution is -2.45. The van der Waals surface area contributed by atoms with Crippen molar-refractivity contribution in [3.8, 4) is 0 Å². The van der Waals surface area contributed by atoms with Crippen LogP contribution >= 0.6 is 0 Å². The first-order chi connectivity index (χ1) is 14.3. The molecule has 1 saturated heterocycles. The Balaban J connectivity index is 2.05. The number of carbonyl (C=O) groups is 2. The van der Waals surface area contributed by atoms with Crippen LogP contribution in [-0.4, -0.2) is 51.3 Å². The van der Waals surface area contributed by atoms with Gasteiger partial charge in [0.15, 0.2) is 0 Å². The van der Waals surface area contributed by atoms with Crippen LogP contribution in [0.4, 0.5) is 0 Å². The highest BCUT2D eigenvalue weighted by atomic mass is 32.2. The van der Waals surface area contributed by atoms with E-state index in [1.807, 2.05) is 0 Å². The minimum atomic E-state index is -3.64. The maximum atomic E-state index is 13.1. The lowest BCUT2D eigenvalue weighted by atomic mass is 9.96. The Hall–Kier alpha value is -1.93. The molecule has 0 aliphatic carbocycles. The number of rotatable bonds is 10. The van der Waals surface area contributed by atoms with Gasteiger partial charge in [-0.3, -0.25) is 9.59 Å². The monoisotopic (exact) mass is 437 g/mol. The summed E-state index contributed by atoms with van der Waals surface area (Å²) in [4.78, 5) is 27.4. The van der Waals surface area contributed by atoms with Crippen LogP contribution in [0.2, 0.25) is 0 Å². The maximum Gasteiger partial charge on any atom is 0.254 e. The molecular formula is C22H35N3O4S. The fourth-order valence-electron chi connectivity index (χ4n) is 3.73. The van der Waals surface area contributed by atoms with Crippen LogP contribution in [-0.2, 0) is 14.8 Å². The van der Waals surface area contributed by atoms with Gasteiger partial charge in [-0.05, 0) is 43.9 Å². The van der Waals surface area contributed by atoms with E-state index in [1.54, 1.807) is 24.8 Å². The Kier molecular flexibility index (Phi) is 9.30. The molecule has 1 aromatic carbocycles. The number of carbonyl (C=O) groups excluding carboxylic acids is 2. The molecule has 168 valence electrons. The van der Waals surface area contributed by atoms with E-state index in [4.69, 9.17) is 0 Å². The third kappa shape index (κ3) is 6.54. The topological polar surface area (TPSA) is 95.6 Å². The highest BCUT2D eigenvalue weighted by molar-refractivity contribution is 7.89. The van der Waals surface area contributed by atoms with Crippen molar-refractivity contribution in [2.24, 2.45) is 5.92 Å². The van der Waals surface area contributed by atoms with Crippen molar-refractivity contribution in [3.05, 3.63) is 29.3 Å². The number of sulfonamides is 1. The van der Waals surface area contributed by atoms with E-state index in [1.165, 1.54) is 18.6 Å². The largest absolute Gasteiger partial charge is 0.356 e. The molecular weight excluding hydrogens is 402 g/mol. The van der Waals surface area contributed by atoms with Gasteiger partial charge in [0.05, 0.1) is 10.8 Å². The zero-order valence-electron chi connectivity index (χ0n) is 18.4. The molecule has 1 heterocycles. The Labute approximate surface area is 180 Å². The summed E-state index contributed by atoms with van der Waals surface area (Å²) < 4.78 is 27.1. The van der Waals surface area contributed by atoms with Gasteiger partial charge in [0.2, 0.25) is 15.9 Å². The van der Waals surface area contributed by atoms with Crippen molar-refractivity contribution >= 4 is 21.8 Å². The summed E-state index contributed by atoms with van der Waals surface area (Å²) >= 11 is 0. The highest BCUT2D eigenvalue weighted by Gasteiger charge is 2.30. The Morgan fingerprint density at radius 3 is 2.63 bits per heavy atom. The SMILES string of the molecule is CCCCCCNC(=O)C1CCCN(C(=O)c2cc(S(=O)(=O)NCC)ccc2C)C1. The average Bonchev–Trinajstić information content (AvgIpc) is 2.73. The van der Waals surface area contributed by atoms with Crippen molar-refractivity contribution in [3.63, 3.8) is 0 Å². The summed E-state index contributed by atoms with van der Waals surface area (Å²) in [6.07, 6.45) is 5.93. The lowest BCUT2D eigenvalue weighted by Gasteiger charge is -2.32. The molecule has 7 nitrogen and oxygen atoms in total. The summed E-state index contributed by atoms with van der Waals surface area (Å²) in [5.74, 6) is -0.437. The van der Waals surface area contributed by atoms with Crippen molar-refractivity contribution in [1.82, 2.24) is 14.9 Å². The molecule has 0 aromatic heterocycles. The third-order valence-electron chi connectivity index (χ3n) is 5.49. The minimum Gasteiger partial charge on any atom is -0.356 e. The molecule has 1 fully saturated rings. The van der Waals surface area contributed by atoms with Gasteiger partial charge >= 0.3 is 0 Å². The summed E-state index contributed by atoms with van der Waals surface area (Å²) in [5, 5.41) is 3.00. The van der Waals surface area contributed by atoms with E-state index in [-0.39, 0.29) is 29.2 Å². The van der Waals surface area contributed by atoms with Crippen LogP contribution in [0.15, 0.2) is 23.1 Å². The number of aryl methyl sites for hydroxylation is 1. The Morgan fingerprint density at radius 1 is 1.17 bits per heavy atom. The Morgan fingerprint density at radius 2 is 1.93 bits per heavy atom. The van der Waals surface area contributed by atoms with Crippen LogP contribution in [0, 0.1) is 12.8 Å². The summed E-state index contributed by atoms with van der Waals surface area (Å²) in [6.45, 7) is 7.54. The molecule has 1 aliphatic heterocycles. The number of nitrogens with one attached hydrogen (secondary N) is 2. The summed E-state index contributed by atoms with van der Waals surface area (Å²) in [5.41, 5.74) is 1.09. The number of amides is 2. The van der Waals surface area contributed by atoms with Gasteiger partial charge in [-0.15, -0.1) is 0 Å². The fourth-order valence-corrected chi connectivity index (χ4v) is 4.79. The fraction of sp³-hybridized carbons (Fsp3) is 0.636. The van der Waals surface area contributed by atoms with E-state index in [9.17, 15) is 18.0 Å². The molecule has 1 unspecified atom stereocenters. The van der Waals surface area contributed by atoms with Crippen molar-refractivity contribution in [1.29, 1.82) is 0 Å². The van der Waals surface area contributed by atoms with E-state index in [0.29, 0.717) is 25.2 Å². The molecule has 1 aliphatic rings. The molecule has 0 bridgehead atoms. The summed E-state index contributed by atoms with van der Waals surface area (Å²) in [6, 6.07) is 4.60. The van der Waals surface area contributed by atoms with Crippen molar-refractivity contribution < 1.29 is 18.0 Å². The molecule has 1 atom stereocenters. The highest BCUT2D eigenvalue weighted by Crippen LogP contribution is 2.22. The molecule has 2 rings (SSSR count). The first kappa shape index (κ1) is 24.3. The second-order valence-electron chi connectivity index (χ2n) is 7.92. The number of nitrogens with zero attached hydrogens (tertiary/aromatic N) is 1. The Bertz CT molecular complexity index is 839. The van der Waals surface area contributed by atoms with Gasteiger partial charge in [0.25, 0.3) is 5.91 Å². The number of unbranched alkanes of at least 4 members (excludes halogenated alkanes) is 3. The minimum absolute atomic E-state index is 0.00388. The zero-order chi connectivity index (χ0) is 22.1. The average molecular weight is 438 g/mol. The van der Waals surface area contributed by atoms with Gasteiger partial charge in [-0.2, -0.15) is 0 Å². The van der Waals surface area contributed by atoms with Gasteiger partial charge in [-0.1, -0.05) is 39.2 Å². The quantitative estimate of drug-likeness (QED) is 0.550. The number of piperidine rings is 1. The van der Waals surface area contributed by atoms with Crippen LogP contribution < -0.4 is 10.0 Å². The van der Waals surface area contributed by atoms with Crippen LogP contribution in [0.25, 0.3) is 0 Å². The molecule has 30 heavy (non-hydrogen) atoms. The van der Waals surface area contributed by atoms with E-state index >= 15 is 0 Å². The smallest absolute Gasteiger partial charge is 0.254 e. The molecule has 2 amide bonds. The standard InChI is InChI=1S/C22H35N3O4S/c1-4-6-7-8-13-23-21(26)18-10-9-14-25(16-18)22(27)20-15-19(12-11-17(20)3)30(28,29)24-5-2/h11-12,15,18,24H,4-10,13-14,16H2,1-3H3,(H,23,26). The first-order valence-corrected chi connectivity index (χ1v) is 12.5. The molecule has 8 heteroatoms. The molecule has 1 aromatic rings. The van der Waals surface area contributed by atoms with Crippen LogP contribution in [0.3, 0.4) is 0 Å². The van der Waals surface area contributed by atoms with Crippen LogP contribution in [0.5, 0.6) is 0 Å². The van der Waals surface area contributed by atoms with Crippen LogP contribution in [0.1, 0.15) is 68.3 Å². The van der Waals surface area contributed by atoms with Crippen molar-refractivity contribution in [2.45, 2.75) is 64.2 Å². The zero-order valence-corrected chi connectivity index (χ0v) is 19.2. The second-order valence-corrected chi connectivity index (χ2v) is 9.69. The second kappa shape index (κ2) is 11.5. The van der Waals surface area contributed by atoms with E-state index < -0.39 is 10.0 Å². The van der Waals surface area contributed by atoms with E-state index in [2.05, 4.69) is 17.0 Å². The lowest BCUT2D eigenvalue weighted by molar-refractivity contribution is -0.126. The molecule has 0 saturated carbocycles. The first-order valence-electron chi connectivity index (χ1n) is 11.0. The number of hydrogen-bond donors (Lipinski definition) is 2. The predicted molar refractivity (Wildman–Crippen MR) is 118 cm³/mol. The number of benzene rings is 1. The third-order valence-corrected chi connectivity index (χ3v) is 7.04. The summed E-state index contributed by atoms with van der Waals surface area (Å²) in [7, 11) is -3.64.